The number of hydrogen-bond acceptors (Lipinski definition) is 3. The van der Waals surface area contributed by atoms with Crippen molar-refractivity contribution in [2.75, 3.05) is 26.3 Å². The Morgan fingerprint density at radius 1 is 1.21 bits per heavy atom. The molecule has 3 heterocycles. The number of hydrogen-bond donors (Lipinski definition) is 1. The average molecular weight is 462 g/mol. The zero-order valence-corrected chi connectivity index (χ0v) is 17.2. The van der Waals surface area contributed by atoms with Gasteiger partial charge in [0, 0.05) is 42.4 Å². The maximum atomic E-state index is 13.2. The van der Waals surface area contributed by atoms with Gasteiger partial charge in [-0.15, -0.1) is 0 Å². The Bertz CT molecular complexity index is 923. The highest BCUT2D eigenvalue weighted by molar-refractivity contribution is 9.10. The van der Waals surface area contributed by atoms with E-state index < -0.39 is 11.7 Å². The zero-order valence-electron chi connectivity index (χ0n) is 15.6. The number of likely N-dealkylation sites (tertiary alicyclic amines) is 1. The quantitative estimate of drug-likeness (QED) is 0.724. The summed E-state index contributed by atoms with van der Waals surface area (Å²) in [5.41, 5.74) is -0.272. The molecule has 28 heavy (non-hydrogen) atoms. The van der Waals surface area contributed by atoms with Crippen LogP contribution < -0.4 is 5.69 Å². The predicted molar refractivity (Wildman–Crippen MR) is 104 cm³/mol. The molecule has 2 aliphatic heterocycles. The van der Waals surface area contributed by atoms with Gasteiger partial charge in [-0.25, -0.2) is 4.79 Å². The van der Waals surface area contributed by atoms with Crippen LogP contribution in [0.3, 0.4) is 0 Å². The third-order valence-electron chi connectivity index (χ3n) is 6.27. The van der Waals surface area contributed by atoms with E-state index in [1.54, 1.807) is 4.57 Å². The van der Waals surface area contributed by atoms with Crippen molar-refractivity contribution in [1.29, 1.82) is 0 Å². The first-order valence-corrected chi connectivity index (χ1v) is 10.3. The number of benzene rings is 1. The second-order valence-electron chi connectivity index (χ2n) is 7.97. The summed E-state index contributed by atoms with van der Waals surface area (Å²) in [6, 6.07) is 2.39. The summed E-state index contributed by atoms with van der Waals surface area (Å²) in [5.74, 6) is 0. The van der Waals surface area contributed by atoms with Crippen LogP contribution in [0.5, 0.6) is 0 Å². The lowest BCUT2D eigenvalue weighted by molar-refractivity contribution is -0.138. The van der Waals surface area contributed by atoms with Gasteiger partial charge in [0.05, 0.1) is 16.6 Å². The number of nitrogens with one attached hydrogen (secondary N) is 1. The molecule has 0 saturated carbocycles. The van der Waals surface area contributed by atoms with Gasteiger partial charge < -0.3 is 9.72 Å². The summed E-state index contributed by atoms with van der Waals surface area (Å²) in [4.78, 5) is 17.6. The van der Waals surface area contributed by atoms with Gasteiger partial charge in [0.2, 0.25) is 0 Å². The fraction of sp³-hybridized carbons (Fsp3) is 0.632. The smallest absolute Gasteiger partial charge is 0.381 e. The molecule has 9 heteroatoms. The van der Waals surface area contributed by atoms with Gasteiger partial charge in [-0.2, -0.15) is 13.2 Å². The molecule has 154 valence electrons. The molecule has 2 aliphatic rings. The number of imidazole rings is 1. The van der Waals surface area contributed by atoms with Crippen LogP contribution in [0.2, 0.25) is 0 Å². The van der Waals surface area contributed by atoms with Crippen LogP contribution in [-0.2, 0) is 10.9 Å². The van der Waals surface area contributed by atoms with Crippen LogP contribution in [0.4, 0.5) is 13.2 Å². The lowest BCUT2D eigenvalue weighted by atomic mass is 9.87. The number of halogens is 4. The molecule has 0 radical (unpaired) electrons. The molecule has 4 rings (SSSR count). The van der Waals surface area contributed by atoms with Gasteiger partial charge in [0.15, 0.2) is 0 Å². The molecule has 1 N–H and O–H groups in total. The molecule has 0 bridgehead atoms. The Balaban J connectivity index is 1.59. The van der Waals surface area contributed by atoms with Gasteiger partial charge in [-0.1, -0.05) is 15.9 Å². The van der Waals surface area contributed by atoms with Gasteiger partial charge in [-0.05, 0) is 44.7 Å². The number of piperidine rings is 1. The van der Waals surface area contributed by atoms with Crippen LogP contribution in [-0.4, -0.2) is 46.3 Å². The molecule has 1 aromatic carbocycles. The van der Waals surface area contributed by atoms with E-state index in [9.17, 15) is 18.0 Å². The second kappa shape index (κ2) is 7.18. The molecular formula is C19H23BrF3N3O2. The monoisotopic (exact) mass is 461 g/mol. The summed E-state index contributed by atoms with van der Waals surface area (Å²) < 4.78 is 46.5. The second-order valence-corrected chi connectivity index (χ2v) is 8.83. The number of ether oxygens (including phenoxy) is 1. The summed E-state index contributed by atoms with van der Waals surface area (Å²) in [7, 11) is 0. The Morgan fingerprint density at radius 2 is 1.86 bits per heavy atom. The average Bonchev–Trinajstić information content (AvgIpc) is 2.96. The number of nitrogens with zero attached hydrogens (tertiary/aromatic N) is 2. The highest BCUT2D eigenvalue weighted by Gasteiger charge is 2.37. The summed E-state index contributed by atoms with van der Waals surface area (Å²) in [6.07, 6.45) is -0.893. The predicted octanol–water partition coefficient (Wildman–Crippen LogP) is 4.32. The van der Waals surface area contributed by atoms with Crippen LogP contribution in [0.25, 0.3) is 11.0 Å². The first-order valence-electron chi connectivity index (χ1n) is 9.53. The lowest BCUT2D eigenvalue weighted by Gasteiger charge is -2.47. The van der Waals surface area contributed by atoms with Crippen molar-refractivity contribution >= 4 is 27.0 Å². The standard InChI is InChI=1S/C19H23BrF3N3O2/c1-18(4-8-28-9-5-18)25-6-2-12(3-7-25)26-16-11-14(20)13(19(21,22)23)10-15(16)24-17(26)27/h10-12H,2-9H2,1H3,(H,24,27). The molecule has 5 nitrogen and oxygen atoms in total. The number of H-pyrrole nitrogens is 1. The lowest BCUT2D eigenvalue weighted by Crippen LogP contribution is -2.53. The minimum atomic E-state index is -4.48. The molecule has 0 amide bonds. The molecular weight excluding hydrogens is 439 g/mol. The number of aromatic amines is 1. The van der Waals surface area contributed by atoms with Crippen molar-refractivity contribution in [1.82, 2.24) is 14.5 Å². The van der Waals surface area contributed by atoms with E-state index in [2.05, 4.69) is 32.7 Å². The third-order valence-corrected chi connectivity index (χ3v) is 6.93. The maximum absolute atomic E-state index is 13.2. The van der Waals surface area contributed by atoms with Gasteiger partial charge in [0.25, 0.3) is 0 Å². The number of aromatic nitrogens is 2. The third kappa shape index (κ3) is 3.52. The van der Waals surface area contributed by atoms with Crippen molar-refractivity contribution in [2.24, 2.45) is 0 Å². The first-order chi connectivity index (χ1) is 13.2. The Kier molecular flexibility index (Phi) is 5.12. The van der Waals surface area contributed by atoms with Crippen molar-refractivity contribution in [3.8, 4) is 0 Å². The normalized spacial score (nSPS) is 22.0. The fourth-order valence-corrected chi connectivity index (χ4v) is 5.07. The molecule has 0 aliphatic carbocycles. The molecule has 0 atom stereocenters. The number of rotatable bonds is 2. The van der Waals surface area contributed by atoms with Gasteiger partial charge in [-0.3, -0.25) is 9.47 Å². The number of fused-ring (bicyclic) bond motifs is 1. The van der Waals surface area contributed by atoms with Crippen molar-refractivity contribution < 1.29 is 17.9 Å². The minimum Gasteiger partial charge on any atom is -0.381 e. The van der Waals surface area contributed by atoms with E-state index >= 15 is 0 Å². The summed E-state index contributed by atoms with van der Waals surface area (Å²) in [6.45, 7) is 5.54. The summed E-state index contributed by atoms with van der Waals surface area (Å²) >= 11 is 3.02. The van der Waals surface area contributed by atoms with E-state index in [0.717, 1.165) is 58.1 Å². The van der Waals surface area contributed by atoms with Crippen LogP contribution in [0.15, 0.2) is 21.4 Å². The fourth-order valence-electron chi connectivity index (χ4n) is 4.52. The van der Waals surface area contributed by atoms with Gasteiger partial charge in [0.1, 0.15) is 0 Å². The Morgan fingerprint density at radius 3 is 2.46 bits per heavy atom. The van der Waals surface area contributed by atoms with E-state index in [0.29, 0.717) is 5.52 Å². The SMILES string of the molecule is CC1(N2CCC(n3c(=O)[nH]c4cc(C(F)(F)F)c(Br)cc43)CC2)CCOCC1. The first kappa shape index (κ1) is 20.0. The van der Waals surface area contributed by atoms with Crippen LogP contribution in [0, 0.1) is 0 Å². The zero-order chi connectivity index (χ0) is 20.1. The van der Waals surface area contributed by atoms with Crippen LogP contribution in [0.1, 0.15) is 44.2 Å². The van der Waals surface area contributed by atoms with Crippen LogP contribution >= 0.6 is 15.9 Å². The molecule has 0 unspecified atom stereocenters. The minimum absolute atomic E-state index is 0.0235. The van der Waals surface area contributed by atoms with Crippen molar-refractivity contribution in [3.63, 3.8) is 0 Å². The molecule has 2 aromatic rings. The largest absolute Gasteiger partial charge is 0.417 e. The van der Waals surface area contributed by atoms with Gasteiger partial charge >= 0.3 is 11.9 Å². The number of alkyl halides is 3. The topological polar surface area (TPSA) is 50.3 Å². The highest BCUT2D eigenvalue weighted by Crippen LogP contribution is 2.38. The van der Waals surface area contributed by atoms with Crippen molar-refractivity contribution in [2.45, 2.75) is 50.4 Å². The van der Waals surface area contributed by atoms with E-state index in [1.807, 2.05) is 0 Å². The Labute approximate surface area is 169 Å². The molecule has 0 spiro atoms. The van der Waals surface area contributed by atoms with E-state index in [1.165, 1.54) is 6.07 Å². The molecule has 2 fully saturated rings. The molecule has 2 saturated heterocycles. The van der Waals surface area contributed by atoms with Crippen molar-refractivity contribution in [3.05, 3.63) is 32.7 Å². The van der Waals surface area contributed by atoms with E-state index in [4.69, 9.17) is 4.74 Å². The summed E-state index contributed by atoms with van der Waals surface area (Å²) in [5, 5.41) is 0. The Hall–Kier alpha value is -1.32. The maximum Gasteiger partial charge on any atom is 0.417 e. The highest BCUT2D eigenvalue weighted by atomic mass is 79.9. The van der Waals surface area contributed by atoms with E-state index in [-0.39, 0.29) is 27.3 Å². The molecule has 1 aromatic heterocycles.